The van der Waals surface area contributed by atoms with Crippen molar-refractivity contribution in [1.29, 1.82) is 0 Å². The van der Waals surface area contributed by atoms with Crippen molar-refractivity contribution < 1.29 is 14.7 Å². The Morgan fingerprint density at radius 1 is 1.17 bits per heavy atom. The molecule has 1 unspecified atom stereocenters. The van der Waals surface area contributed by atoms with E-state index in [4.69, 9.17) is 10.2 Å². The van der Waals surface area contributed by atoms with E-state index in [1.54, 1.807) is 6.21 Å². The number of hydrogen-bond donors (Lipinski definition) is 2. The van der Waals surface area contributed by atoms with E-state index in [2.05, 4.69) is 4.98 Å². The van der Waals surface area contributed by atoms with Crippen LogP contribution in [0.4, 0.5) is 5.69 Å². The summed E-state index contributed by atoms with van der Waals surface area (Å²) in [5, 5.41) is 16.6. The molecule has 0 radical (unpaired) electrons. The number of pyridine rings is 1. The predicted octanol–water partition coefficient (Wildman–Crippen LogP) is 5.01. The lowest BCUT2D eigenvalue weighted by Crippen LogP contribution is -2.40. The predicted molar refractivity (Wildman–Crippen MR) is 143 cm³/mol. The van der Waals surface area contributed by atoms with Crippen LogP contribution in [0, 0.1) is 19.8 Å². The summed E-state index contributed by atoms with van der Waals surface area (Å²) in [6, 6.07) is 4.04. The number of hydrazone groups is 1. The van der Waals surface area contributed by atoms with Gasteiger partial charge in [-0.2, -0.15) is 5.10 Å². The second-order valence-corrected chi connectivity index (χ2v) is 10.3. The monoisotopic (exact) mass is 494 g/mol. The lowest BCUT2D eigenvalue weighted by Gasteiger charge is -2.34. The van der Waals surface area contributed by atoms with Crippen LogP contribution in [0.5, 0.6) is 0 Å². The molecule has 8 nitrogen and oxygen atoms in total. The molecule has 1 aromatic heterocycles. The van der Waals surface area contributed by atoms with Crippen molar-refractivity contribution in [3.05, 3.63) is 39.2 Å². The number of H-pyrrole nitrogens is 1. The molecule has 194 valence electrons. The van der Waals surface area contributed by atoms with Crippen molar-refractivity contribution >= 4 is 34.7 Å². The van der Waals surface area contributed by atoms with Gasteiger partial charge in [-0.1, -0.05) is 19.3 Å². The largest absolute Gasteiger partial charge is 0.481 e. The molecule has 1 aromatic carbocycles. The molecule has 36 heavy (non-hydrogen) atoms. The number of carboxylic acids is 1. The lowest BCUT2D eigenvalue weighted by atomic mass is 9.92. The first-order chi connectivity index (χ1) is 17.3. The summed E-state index contributed by atoms with van der Waals surface area (Å²) in [4.78, 5) is 42.5. The van der Waals surface area contributed by atoms with Gasteiger partial charge in [0.25, 0.3) is 11.5 Å². The number of nitrogens with zero attached hydrogens (tertiary/aromatic N) is 3. The highest BCUT2D eigenvalue weighted by Gasteiger charge is 2.28. The zero-order valence-electron chi connectivity index (χ0n) is 21.7. The highest BCUT2D eigenvalue weighted by molar-refractivity contribution is 6.03. The number of nitrogens with one attached hydrogen (secondary N) is 1. The second-order valence-electron chi connectivity index (χ2n) is 10.3. The maximum absolute atomic E-state index is 13.7. The van der Waals surface area contributed by atoms with Crippen LogP contribution in [0.25, 0.3) is 10.9 Å². The Labute approximate surface area is 212 Å². The van der Waals surface area contributed by atoms with Crippen LogP contribution in [-0.2, 0) is 4.79 Å². The van der Waals surface area contributed by atoms with Gasteiger partial charge in [0, 0.05) is 42.2 Å². The summed E-state index contributed by atoms with van der Waals surface area (Å²) >= 11 is 0. The van der Waals surface area contributed by atoms with E-state index >= 15 is 0 Å². The molecule has 2 N–H and O–H groups in total. The molecule has 2 fully saturated rings. The number of amides is 1. The van der Waals surface area contributed by atoms with Gasteiger partial charge < -0.3 is 15.0 Å². The van der Waals surface area contributed by atoms with Gasteiger partial charge in [-0.3, -0.25) is 19.4 Å². The minimum atomic E-state index is -0.794. The maximum Gasteiger partial charge on any atom is 0.303 e. The molecule has 1 aliphatic carbocycles. The Bertz CT molecular complexity index is 1210. The quantitative estimate of drug-likeness (QED) is 0.416. The normalized spacial score (nSPS) is 19.2. The number of aromatic amines is 1. The topological polar surface area (TPSA) is 106 Å². The second kappa shape index (κ2) is 11.3. The number of aryl methyl sites for hydroxylation is 1. The van der Waals surface area contributed by atoms with Gasteiger partial charge in [-0.15, -0.1) is 0 Å². The molecule has 0 spiro atoms. The zero-order chi connectivity index (χ0) is 25.8. The summed E-state index contributed by atoms with van der Waals surface area (Å²) < 4.78 is 0. The highest BCUT2D eigenvalue weighted by Crippen LogP contribution is 2.35. The third kappa shape index (κ3) is 5.47. The number of benzene rings is 1. The van der Waals surface area contributed by atoms with Crippen molar-refractivity contribution in [2.24, 2.45) is 11.0 Å². The molecule has 2 heterocycles. The van der Waals surface area contributed by atoms with Crippen LogP contribution in [0.15, 0.2) is 22.0 Å². The average molecular weight is 495 g/mol. The van der Waals surface area contributed by atoms with Gasteiger partial charge >= 0.3 is 5.97 Å². The third-order valence-corrected chi connectivity index (χ3v) is 7.76. The number of likely N-dealkylation sites (tertiary alicyclic amines) is 1. The number of aliphatic carboxylic acids is 1. The van der Waals surface area contributed by atoms with Crippen molar-refractivity contribution in [3.8, 4) is 0 Å². The van der Waals surface area contributed by atoms with Crippen LogP contribution < -0.4 is 10.6 Å². The van der Waals surface area contributed by atoms with Crippen molar-refractivity contribution in [3.63, 3.8) is 0 Å². The van der Waals surface area contributed by atoms with Crippen LogP contribution in [-0.4, -0.2) is 52.2 Å². The molecule has 1 aliphatic heterocycles. The van der Waals surface area contributed by atoms with E-state index in [0.29, 0.717) is 36.2 Å². The van der Waals surface area contributed by atoms with Crippen molar-refractivity contribution in [2.45, 2.75) is 84.6 Å². The van der Waals surface area contributed by atoms with E-state index in [1.165, 1.54) is 6.42 Å². The van der Waals surface area contributed by atoms with Gasteiger partial charge in [-0.05, 0) is 76.5 Å². The Kier molecular flexibility index (Phi) is 8.11. The summed E-state index contributed by atoms with van der Waals surface area (Å²) in [6.07, 6.45) is 9.86. The standard InChI is InChI=1S/C28H38N4O4/c1-4-29-32(21-10-6-5-7-11-21)26-19(3)27(35)30-24-15-18(2)22(16-23(24)26)28(36)31-14-8-9-20(17-31)12-13-25(33)34/h4,15-16,20-21H,5-14,17H2,1-3H3,(H,30,35)(H,33,34)/b29-4-. The smallest absolute Gasteiger partial charge is 0.303 e. The fourth-order valence-corrected chi connectivity index (χ4v) is 5.83. The van der Waals surface area contributed by atoms with Gasteiger partial charge in [-0.25, -0.2) is 0 Å². The Morgan fingerprint density at radius 2 is 1.92 bits per heavy atom. The van der Waals surface area contributed by atoms with Crippen LogP contribution >= 0.6 is 0 Å². The number of hydrogen-bond acceptors (Lipinski definition) is 5. The number of carbonyl (C=O) groups excluding carboxylic acids is 1. The summed E-state index contributed by atoms with van der Waals surface area (Å²) in [6.45, 7) is 6.87. The first-order valence-electron chi connectivity index (χ1n) is 13.3. The molecule has 0 bridgehead atoms. The average Bonchev–Trinajstić information content (AvgIpc) is 2.87. The molecule has 1 amide bonds. The molecule has 2 aliphatic rings. The first-order valence-corrected chi connectivity index (χ1v) is 13.3. The number of anilines is 1. The third-order valence-electron chi connectivity index (χ3n) is 7.76. The fourth-order valence-electron chi connectivity index (χ4n) is 5.83. The molecular weight excluding hydrogens is 456 g/mol. The molecule has 1 saturated heterocycles. The SMILES string of the molecule is C/C=N\N(c1c(C)c(=O)[nH]c2cc(C)c(C(=O)N3CCCC(CCC(=O)O)C3)cc12)C1CCCCC1. The van der Waals surface area contributed by atoms with E-state index < -0.39 is 5.97 Å². The molecular formula is C28H38N4O4. The Balaban J connectivity index is 1.74. The summed E-state index contributed by atoms with van der Waals surface area (Å²) in [7, 11) is 0. The molecule has 8 heteroatoms. The number of rotatable bonds is 7. The highest BCUT2D eigenvalue weighted by atomic mass is 16.4. The zero-order valence-corrected chi connectivity index (χ0v) is 21.7. The van der Waals surface area contributed by atoms with Crippen molar-refractivity contribution in [2.75, 3.05) is 18.1 Å². The maximum atomic E-state index is 13.7. The number of piperidine rings is 1. The van der Waals surface area contributed by atoms with Gasteiger partial charge in [0.05, 0.1) is 17.2 Å². The van der Waals surface area contributed by atoms with Gasteiger partial charge in [0.15, 0.2) is 0 Å². The molecule has 4 rings (SSSR count). The van der Waals surface area contributed by atoms with Gasteiger partial charge in [0.1, 0.15) is 0 Å². The minimum absolute atomic E-state index is 0.0348. The number of fused-ring (bicyclic) bond motifs is 1. The summed E-state index contributed by atoms with van der Waals surface area (Å²) in [5.74, 6) is -0.625. The molecule has 1 saturated carbocycles. The lowest BCUT2D eigenvalue weighted by molar-refractivity contribution is -0.137. The molecule has 2 aromatic rings. The first kappa shape index (κ1) is 25.9. The fraction of sp³-hybridized carbons (Fsp3) is 0.571. The van der Waals surface area contributed by atoms with Crippen LogP contribution in [0.2, 0.25) is 0 Å². The number of carbonyl (C=O) groups is 2. The van der Waals surface area contributed by atoms with Crippen LogP contribution in [0.3, 0.4) is 0 Å². The van der Waals surface area contributed by atoms with E-state index in [0.717, 1.165) is 55.2 Å². The van der Waals surface area contributed by atoms with E-state index in [-0.39, 0.29) is 29.8 Å². The summed E-state index contributed by atoms with van der Waals surface area (Å²) in [5.41, 5.74) is 3.39. The van der Waals surface area contributed by atoms with Crippen LogP contribution in [0.1, 0.15) is 86.2 Å². The van der Waals surface area contributed by atoms with Gasteiger partial charge in [0.2, 0.25) is 0 Å². The number of aromatic nitrogens is 1. The van der Waals surface area contributed by atoms with Crippen molar-refractivity contribution in [1.82, 2.24) is 9.88 Å². The molecule has 1 atom stereocenters. The minimum Gasteiger partial charge on any atom is -0.481 e. The van der Waals surface area contributed by atoms with E-state index in [9.17, 15) is 14.4 Å². The number of carboxylic acid groups (broad SMARTS) is 1. The van der Waals surface area contributed by atoms with E-state index in [1.807, 2.05) is 42.8 Å². The Morgan fingerprint density at radius 3 is 2.61 bits per heavy atom. The Hall–Kier alpha value is -3.16.